The molecule has 2 aromatic rings. The quantitative estimate of drug-likeness (QED) is 0.503. The molecular formula is C23H32N4O3S. The summed E-state index contributed by atoms with van der Waals surface area (Å²) in [6, 6.07) is 14.0. The Kier molecular flexibility index (Phi) is 8.06. The second-order valence-electron chi connectivity index (χ2n) is 7.86. The lowest BCUT2D eigenvalue weighted by Gasteiger charge is -2.26. The van der Waals surface area contributed by atoms with Gasteiger partial charge in [0.15, 0.2) is 15.8 Å². The molecule has 0 aromatic heterocycles. The van der Waals surface area contributed by atoms with Crippen molar-refractivity contribution >= 4 is 15.8 Å². The molecule has 7 nitrogen and oxygen atoms in total. The van der Waals surface area contributed by atoms with E-state index >= 15 is 0 Å². The maximum Gasteiger partial charge on any atom is 0.191 e. The monoisotopic (exact) mass is 444 g/mol. The first-order chi connectivity index (χ1) is 14.8. The lowest BCUT2D eigenvalue weighted by Crippen LogP contribution is -2.36. The zero-order valence-corrected chi connectivity index (χ0v) is 19.3. The zero-order valence-electron chi connectivity index (χ0n) is 18.5. The van der Waals surface area contributed by atoms with Gasteiger partial charge in [0.2, 0.25) is 0 Å². The minimum absolute atomic E-state index is 0.371. The molecule has 0 bridgehead atoms. The minimum Gasteiger partial charge on any atom is -0.379 e. The molecule has 1 aliphatic rings. The van der Waals surface area contributed by atoms with E-state index in [1.165, 1.54) is 17.4 Å². The van der Waals surface area contributed by atoms with Crippen LogP contribution in [-0.4, -0.2) is 58.9 Å². The number of nitrogens with zero attached hydrogens (tertiary/aromatic N) is 2. The number of morpholine rings is 1. The highest BCUT2D eigenvalue weighted by Gasteiger charge is 2.12. The normalized spacial score (nSPS) is 15.6. The third-order valence-electron chi connectivity index (χ3n) is 5.32. The van der Waals surface area contributed by atoms with Crippen molar-refractivity contribution in [1.29, 1.82) is 0 Å². The van der Waals surface area contributed by atoms with E-state index in [9.17, 15) is 8.42 Å². The van der Waals surface area contributed by atoms with E-state index in [0.717, 1.165) is 44.0 Å². The van der Waals surface area contributed by atoms with Gasteiger partial charge in [0.25, 0.3) is 0 Å². The van der Waals surface area contributed by atoms with Gasteiger partial charge < -0.3 is 15.4 Å². The largest absolute Gasteiger partial charge is 0.379 e. The number of nitrogens with one attached hydrogen (secondary N) is 2. The van der Waals surface area contributed by atoms with E-state index in [1.54, 1.807) is 13.1 Å². The Morgan fingerprint density at radius 2 is 1.58 bits per heavy atom. The van der Waals surface area contributed by atoms with Crippen LogP contribution in [0.2, 0.25) is 0 Å². The number of aliphatic imine (C=N–C) groups is 1. The Bertz CT molecular complexity index is 998. The summed E-state index contributed by atoms with van der Waals surface area (Å²) >= 11 is 0. The number of hydrogen-bond acceptors (Lipinski definition) is 5. The van der Waals surface area contributed by atoms with Crippen molar-refractivity contribution in [2.75, 3.05) is 39.6 Å². The average molecular weight is 445 g/mol. The van der Waals surface area contributed by atoms with Crippen LogP contribution in [0, 0.1) is 6.92 Å². The minimum atomic E-state index is -3.20. The number of rotatable bonds is 7. The number of benzene rings is 2. The van der Waals surface area contributed by atoms with Crippen LogP contribution in [0.1, 0.15) is 22.3 Å². The van der Waals surface area contributed by atoms with E-state index in [0.29, 0.717) is 23.9 Å². The van der Waals surface area contributed by atoms with Crippen molar-refractivity contribution in [3.63, 3.8) is 0 Å². The maximum absolute atomic E-state index is 11.8. The van der Waals surface area contributed by atoms with E-state index in [1.807, 2.05) is 19.1 Å². The Morgan fingerprint density at radius 1 is 1.00 bits per heavy atom. The predicted octanol–water partition coefficient (Wildman–Crippen LogP) is 2.10. The molecule has 168 valence electrons. The summed E-state index contributed by atoms with van der Waals surface area (Å²) in [6.45, 7) is 7.61. The smallest absolute Gasteiger partial charge is 0.191 e. The molecule has 3 rings (SSSR count). The molecule has 1 saturated heterocycles. The molecule has 1 fully saturated rings. The first kappa shape index (κ1) is 23.2. The zero-order chi connectivity index (χ0) is 22.3. The summed E-state index contributed by atoms with van der Waals surface area (Å²) in [5, 5.41) is 6.60. The van der Waals surface area contributed by atoms with Gasteiger partial charge in [0.1, 0.15) is 0 Å². The first-order valence-electron chi connectivity index (χ1n) is 10.5. The van der Waals surface area contributed by atoms with E-state index < -0.39 is 9.84 Å². The van der Waals surface area contributed by atoms with E-state index in [4.69, 9.17) is 4.74 Å². The van der Waals surface area contributed by atoms with Gasteiger partial charge in [0, 0.05) is 46.0 Å². The Hall–Kier alpha value is -2.42. The van der Waals surface area contributed by atoms with E-state index in [2.05, 4.69) is 44.8 Å². The SMILES string of the molecule is CN=C(NCc1ccc(CN2CCOCC2)cc1)NCc1ccc(S(C)(=O)=O)c(C)c1. The van der Waals surface area contributed by atoms with Gasteiger partial charge in [-0.3, -0.25) is 9.89 Å². The highest BCUT2D eigenvalue weighted by molar-refractivity contribution is 7.90. The predicted molar refractivity (Wildman–Crippen MR) is 124 cm³/mol. The molecule has 0 atom stereocenters. The molecule has 31 heavy (non-hydrogen) atoms. The fraction of sp³-hybridized carbons (Fsp3) is 0.435. The topological polar surface area (TPSA) is 83.0 Å². The van der Waals surface area contributed by atoms with Gasteiger partial charge in [-0.05, 0) is 35.2 Å². The fourth-order valence-corrected chi connectivity index (χ4v) is 4.57. The van der Waals surface area contributed by atoms with Crippen molar-refractivity contribution in [2.45, 2.75) is 31.5 Å². The summed E-state index contributed by atoms with van der Waals surface area (Å²) < 4.78 is 28.9. The number of hydrogen-bond donors (Lipinski definition) is 2. The lowest BCUT2D eigenvalue weighted by molar-refractivity contribution is 0.0342. The second kappa shape index (κ2) is 10.7. The summed E-state index contributed by atoms with van der Waals surface area (Å²) in [6.07, 6.45) is 1.23. The van der Waals surface area contributed by atoms with Crippen molar-refractivity contribution in [1.82, 2.24) is 15.5 Å². The molecule has 1 aliphatic heterocycles. The highest BCUT2D eigenvalue weighted by atomic mass is 32.2. The molecule has 1 heterocycles. The van der Waals surface area contributed by atoms with Crippen LogP contribution in [0.4, 0.5) is 0 Å². The molecule has 0 radical (unpaired) electrons. The van der Waals surface area contributed by atoms with Crippen LogP contribution in [0.15, 0.2) is 52.4 Å². The summed E-state index contributed by atoms with van der Waals surface area (Å²) in [5.41, 5.74) is 4.24. The first-order valence-corrected chi connectivity index (χ1v) is 12.4. The van der Waals surface area contributed by atoms with Gasteiger partial charge in [-0.2, -0.15) is 0 Å². The van der Waals surface area contributed by atoms with Crippen molar-refractivity contribution in [3.05, 3.63) is 64.7 Å². The molecular weight excluding hydrogens is 412 g/mol. The number of aryl methyl sites for hydroxylation is 1. The summed E-state index contributed by atoms with van der Waals surface area (Å²) in [4.78, 5) is 7.05. The maximum atomic E-state index is 11.8. The van der Waals surface area contributed by atoms with Crippen molar-refractivity contribution in [2.24, 2.45) is 4.99 Å². The molecule has 0 spiro atoms. The van der Waals surface area contributed by atoms with Crippen LogP contribution in [-0.2, 0) is 34.2 Å². The van der Waals surface area contributed by atoms with Gasteiger partial charge in [-0.25, -0.2) is 8.42 Å². The molecule has 0 unspecified atom stereocenters. The average Bonchev–Trinajstić information content (AvgIpc) is 2.75. The van der Waals surface area contributed by atoms with Crippen molar-refractivity contribution in [3.8, 4) is 0 Å². The Balaban J connectivity index is 1.48. The van der Waals surface area contributed by atoms with Crippen LogP contribution in [0.25, 0.3) is 0 Å². The number of guanidine groups is 1. The fourth-order valence-electron chi connectivity index (χ4n) is 3.61. The number of ether oxygens (including phenoxy) is 1. The highest BCUT2D eigenvalue weighted by Crippen LogP contribution is 2.16. The molecule has 0 aliphatic carbocycles. The molecule has 0 amide bonds. The van der Waals surface area contributed by atoms with Gasteiger partial charge in [-0.15, -0.1) is 0 Å². The van der Waals surface area contributed by atoms with E-state index in [-0.39, 0.29) is 0 Å². The third kappa shape index (κ3) is 7.05. The Morgan fingerprint density at radius 3 is 2.16 bits per heavy atom. The standard InChI is InChI=1S/C23H32N4O3S/c1-18-14-21(8-9-22(18)31(3,28)29)16-26-23(24-2)25-15-19-4-6-20(7-5-19)17-27-10-12-30-13-11-27/h4-9,14H,10-13,15-17H2,1-3H3,(H2,24,25,26). The number of sulfone groups is 1. The second-order valence-corrected chi connectivity index (χ2v) is 9.84. The summed E-state index contributed by atoms with van der Waals surface area (Å²) in [7, 11) is -1.47. The van der Waals surface area contributed by atoms with Gasteiger partial charge >= 0.3 is 0 Å². The van der Waals surface area contributed by atoms with Crippen LogP contribution in [0.3, 0.4) is 0 Å². The Labute approximate surface area is 185 Å². The lowest BCUT2D eigenvalue weighted by atomic mass is 10.1. The molecule has 2 aromatic carbocycles. The van der Waals surface area contributed by atoms with Crippen molar-refractivity contribution < 1.29 is 13.2 Å². The van der Waals surface area contributed by atoms with Gasteiger partial charge in [-0.1, -0.05) is 36.4 Å². The molecule has 2 N–H and O–H groups in total. The molecule has 8 heteroatoms. The molecule has 0 saturated carbocycles. The van der Waals surface area contributed by atoms with Crippen LogP contribution < -0.4 is 10.6 Å². The summed E-state index contributed by atoms with van der Waals surface area (Å²) in [5.74, 6) is 0.697. The van der Waals surface area contributed by atoms with Crippen LogP contribution in [0.5, 0.6) is 0 Å². The third-order valence-corrected chi connectivity index (χ3v) is 6.57. The van der Waals surface area contributed by atoms with Gasteiger partial charge in [0.05, 0.1) is 18.1 Å². The van der Waals surface area contributed by atoms with Crippen LogP contribution >= 0.6 is 0 Å².